The minimum atomic E-state index is -1.12. The molecule has 0 aliphatic rings. The first-order valence-electron chi connectivity index (χ1n) is 5.46. The highest BCUT2D eigenvalue weighted by Gasteiger charge is 2.12. The van der Waals surface area contributed by atoms with E-state index < -0.39 is 5.97 Å². The number of carboxylic acid groups (broad SMARTS) is 1. The van der Waals surface area contributed by atoms with E-state index in [1.54, 1.807) is 0 Å². The van der Waals surface area contributed by atoms with Gasteiger partial charge in [0.25, 0.3) is 0 Å². The molecule has 0 bridgehead atoms. The number of nitrogens with zero attached hydrogens (tertiary/aromatic N) is 4. The number of anilines is 1. The highest BCUT2D eigenvalue weighted by molar-refractivity contribution is 6.00. The van der Waals surface area contributed by atoms with Gasteiger partial charge in [0.05, 0.1) is 24.0 Å². The summed E-state index contributed by atoms with van der Waals surface area (Å²) in [5.41, 5.74) is 0.183. The van der Waals surface area contributed by atoms with Crippen molar-refractivity contribution in [3.8, 4) is 0 Å². The summed E-state index contributed by atoms with van der Waals surface area (Å²) in [6, 6.07) is 1.33. The molecule has 0 aliphatic heterocycles. The van der Waals surface area contributed by atoms with Crippen LogP contribution in [0.1, 0.15) is 16.8 Å². The monoisotopic (exact) mass is 261 g/mol. The number of aromatic carboxylic acids is 1. The number of carbonyl (C=O) groups is 2. The maximum absolute atomic E-state index is 11.7. The maximum atomic E-state index is 11.7. The van der Waals surface area contributed by atoms with E-state index in [2.05, 4.69) is 20.4 Å². The molecule has 19 heavy (non-hydrogen) atoms. The summed E-state index contributed by atoms with van der Waals surface area (Å²) >= 11 is 0. The molecule has 0 atom stereocenters. The lowest BCUT2D eigenvalue weighted by molar-refractivity contribution is -0.116. The second kappa shape index (κ2) is 5.71. The number of rotatable bonds is 5. The van der Waals surface area contributed by atoms with Crippen LogP contribution in [0.4, 0.5) is 5.69 Å². The molecule has 8 nitrogen and oxygen atoms in total. The molecule has 0 radical (unpaired) electrons. The molecule has 0 saturated carbocycles. The van der Waals surface area contributed by atoms with Crippen molar-refractivity contribution < 1.29 is 14.7 Å². The van der Waals surface area contributed by atoms with Crippen molar-refractivity contribution in [3.63, 3.8) is 0 Å². The highest BCUT2D eigenvalue weighted by atomic mass is 16.4. The van der Waals surface area contributed by atoms with Gasteiger partial charge in [0.15, 0.2) is 0 Å². The van der Waals surface area contributed by atoms with Crippen molar-refractivity contribution in [2.75, 3.05) is 5.32 Å². The van der Waals surface area contributed by atoms with Gasteiger partial charge in [-0.25, -0.2) is 9.78 Å². The van der Waals surface area contributed by atoms with E-state index in [-0.39, 0.29) is 23.6 Å². The number of hydrogen-bond acceptors (Lipinski definition) is 5. The van der Waals surface area contributed by atoms with Crippen LogP contribution >= 0.6 is 0 Å². The summed E-state index contributed by atoms with van der Waals surface area (Å²) in [7, 11) is 0. The molecule has 2 N–H and O–H groups in total. The molecule has 2 aromatic rings. The van der Waals surface area contributed by atoms with Crippen LogP contribution in [0.25, 0.3) is 0 Å². The van der Waals surface area contributed by atoms with Gasteiger partial charge in [0.2, 0.25) is 5.91 Å². The molecule has 2 heterocycles. The molecule has 0 aliphatic carbocycles. The van der Waals surface area contributed by atoms with Crippen molar-refractivity contribution in [1.29, 1.82) is 0 Å². The molecule has 2 rings (SSSR count). The molecule has 2 aromatic heterocycles. The number of nitrogens with one attached hydrogen (secondary N) is 1. The molecule has 0 aromatic carbocycles. The summed E-state index contributed by atoms with van der Waals surface area (Å²) in [5, 5.41) is 15.3. The summed E-state index contributed by atoms with van der Waals surface area (Å²) in [6.45, 7) is 0.370. The zero-order valence-corrected chi connectivity index (χ0v) is 9.85. The first-order valence-corrected chi connectivity index (χ1v) is 5.46. The molecule has 0 spiro atoms. The molecular weight excluding hydrogens is 250 g/mol. The Morgan fingerprint density at radius 1 is 1.37 bits per heavy atom. The van der Waals surface area contributed by atoms with Crippen molar-refractivity contribution in [2.45, 2.75) is 13.0 Å². The average Bonchev–Trinajstić information content (AvgIpc) is 2.90. The summed E-state index contributed by atoms with van der Waals surface area (Å²) in [5.74, 6) is -1.43. The quantitative estimate of drug-likeness (QED) is 0.806. The maximum Gasteiger partial charge on any atom is 0.337 e. The van der Waals surface area contributed by atoms with E-state index in [4.69, 9.17) is 5.11 Å². The van der Waals surface area contributed by atoms with Crippen LogP contribution in [-0.4, -0.2) is 36.7 Å². The van der Waals surface area contributed by atoms with Crippen LogP contribution in [0, 0.1) is 0 Å². The second-order valence-electron chi connectivity index (χ2n) is 3.68. The fraction of sp³-hybridized carbons (Fsp3) is 0.182. The third-order valence-corrected chi connectivity index (χ3v) is 2.36. The van der Waals surface area contributed by atoms with E-state index in [9.17, 15) is 9.59 Å². The molecule has 8 heteroatoms. The lowest BCUT2D eigenvalue weighted by atomic mass is 10.2. The minimum Gasteiger partial charge on any atom is -0.478 e. The molecule has 1 amide bonds. The number of carboxylic acids is 1. The fourth-order valence-corrected chi connectivity index (χ4v) is 1.46. The SMILES string of the molecule is O=C(CCn1cncn1)Nc1cnccc1C(=O)O. The van der Waals surface area contributed by atoms with Crippen LogP contribution in [0.15, 0.2) is 31.1 Å². The van der Waals surface area contributed by atoms with Gasteiger partial charge in [-0.05, 0) is 6.07 Å². The van der Waals surface area contributed by atoms with Crippen LogP contribution in [0.3, 0.4) is 0 Å². The normalized spacial score (nSPS) is 10.1. The van der Waals surface area contributed by atoms with Crippen molar-refractivity contribution >= 4 is 17.6 Å². The fourth-order valence-electron chi connectivity index (χ4n) is 1.46. The topological polar surface area (TPSA) is 110 Å². The number of hydrogen-bond donors (Lipinski definition) is 2. The first kappa shape index (κ1) is 12.7. The van der Waals surface area contributed by atoms with Gasteiger partial charge in [0.1, 0.15) is 12.7 Å². The molecule has 0 fully saturated rings. The Morgan fingerprint density at radius 3 is 2.89 bits per heavy atom. The van der Waals surface area contributed by atoms with E-state index in [1.165, 1.54) is 35.8 Å². The third kappa shape index (κ3) is 3.35. The Bertz CT molecular complexity index is 582. The van der Waals surface area contributed by atoms with Crippen molar-refractivity contribution in [1.82, 2.24) is 19.7 Å². The Morgan fingerprint density at radius 2 is 2.21 bits per heavy atom. The Balaban J connectivity index is 1.97. The third-order valence-electron chi connectivity index (χ3n) is 2.36. The largest absolute Gasteiger partial charge is 0.478 e. The van der Waals surface area contributed by atoms with Crippen LogP contribution < -0.4 is 5.32 Å². The molecular formula is C11H11N5O3. The zero-order chi connectivity index (χ0) is 13.7. The van der Waals surface area contributed by atoms with Gasteiger partial charge in [0, 0.05) is 12.6 Å². The smallest absolute Gasteiger partial charge is 0.337 e. The van der Waals surface area contributed by atoms with Crippen LogP contribution in [0.2, 0.25) is 0 Å². The number of carbonyl (C=O) groups excluding carboxylic acids is 1. The predicted molar refractivity (Wildman–Crippen MR) is 64.5 cm³/mol. The second-order valence-corrected chi connectivity index (χ2v) is 3.68. The summed E-state index contributed by atoms with van der Waals surface area (Å²) in [6.07, 6.45) is 5.70. The van der Waals surface area contributed by atoms with Gasteiger partial charge in [-0.1, -0.05) is 0 Å². The van der Waals surface area contributed by atoms with Crippen LogP contribution in [-0.2, 0) is 11.3 Å². The molecule has 0 saturated heterocycles. The van der Waals surface area contributed by atoms with Crippen molar-refractivity contribution in [2.24, 2.45) is 0 Å². The van der Waals surface area contributed by atoms with Crippen LogP contribution in [0.5, 0.6) is 0 Å². The molecule has 0 unspecified atom stereocenters. The number of pyridine rings is 1. The number of aryl methyl sites for hydroxylation is 1. The Labute approximate surface area is 108 Å². The van der Waals surface area contributed by atoms with Gasteiger partial charge in [-0.2, -0.15) is 5.10 Å². The standard InChI is InChI=1S/C11H11N5O3/c17-10(2-4-16-7-13-6-14-16)15-9-5-12-3-1-8(9)11(18)19/h1,3,5-7H,2,4H2,(H,15,17)(H,18,19). The highest BCUT2D eigenvalue weighted by Crippen LogP contribution is 2.13. The summed E-state index contributed by atoms with van der Waals surface area (Å²) < 4.78 is 1.51. The van der Waals surface area contributed by atoms with E-state index in [0.717, 1.165) is 0 Å². The van der Waals surface area contributed by atoms with Gasteiger partial charge >= 0.3 is 5.97 Å². The Hall–Kier alpha value is -2.77. The van der Waals surface area contributed by atoms with Gasteiger partial charge < -0.3 is 10.4 Å². The average molecular weight is 261 g/mol. The van der Waals surface area contributed by atoms with Crippen molar-refractivity contribution in [3.05, 3.63) is 36.7 Å². The van der Waals surface area contributed by atoms with Gasteiger partial charge in [-0.3, -0.25) is 14.5 Å². The lowest BCUT2D eigenvalue weighted by Crippen LogP contribution is -2.17. The minimum absolute atomic E-state index is 0.00380. The number of amides is 1. The van der Waals surface area contributed by atoms with E-state index in [0.29, 0.717) is 6.54 Å². The lowest BCUT2D eigenvalue weighted by Gasteiger charge is -2.07. The Kier molecular flexibility index (Phi) is 3.81. The number of aromatic nitrogens is 4. The van der Waals surface area contributed by atoms with E-state index in [1.807, 2.05) is 0 Å². The summed E-state index contributed by atoms with van der Waals surface area (Å²) in [4.78, 5) is 30.2. The zero-order valence-electron chi connectivity index (χ0n) is 9.85. The predicted octanol–water partition coefficient (Wildman–Crippen LogP) is 0.400. The van der Waals surface area contributed by atoms with Gasteiger partial charge in [-0.15, -0.1) is 0 Å². The van der Waals surface area contributed by atoms with E-state index >= 15 is 0 Å². The first-order chi connectivity index (χ1) is 9.16. The molecule has 98 valence electrons.